The molecule has 1 heterocycles. The molecule has 0 amide bonds. The van der Waals surface area contributed by atoms with Gasteiger partial charge in [-0.05, 0) is 25.1 Å². The van der Waals surface area contributed by atoms with Crippen LogP contribution in [0.5, 0.6) is 11.5 Å². The maximum absolute atomic E-state index is 11.9. The number of ether oxygens (including phenoxy) is 3. The minimum absolute atomic E-state index is 0.147. The molecule has 0 spiro atoms. The summed E-state index contributed by atoms with van der Waals surface area (Å²) in [4.78, 5) is 23.5. The van der Waals surface area contributed by atoms with Crippen LogP contribution in [-0.2, 0) is 4.74 Å². The van der Waals surface area contributed by atoms with E-state index in [1.54, 1.807) is 19.1 Å². The fourth-order valence-electron chi connectivity index (χ4n) is 1.85. The van der Waals surface area contributed by atoms with Crippen molar-refractivity contribution in [3.8, 4) is 11.5 Å². The van der Waals surface area contributed by atoms with Crippen LogP contribution in [0.25, 0.3) is 11.0 Å². The standard InChI is InChI=1S/C14H14O6/c1-4-19-13(15)9-7-8-5-6-10(17-2)12(18-3)11(8)20-14(9)16/h5-7H,4H2,1-3H3. The monoisotopic (exact) mass is 278 g/mol. The highest BCUT2D eigenvalue weighted by Crippen LogP contribution is 2.34. The zero-order valence-corrected chi connectivity index (χ0v) is 11.4. The third-order valence-corrected chi connectivity index (χ3v) is 2.74. The first kappa shape index (κ1) is 13.9. The lowest BCUT2D eigenvalue weighted by molar-refractivity contribution is 0.0521. The number of benzene rings is 1. The van der Waals surface area contributed by atoms with E-state index in [0.29, 0.717) is 16.9 Å². The first-order chi connectivity index (χ1) is 9.62. The molecule has 0 saturated carbocycles. The molecule has 6 heteroatoms. The molecule has 2 rings (SSSR count). The topological polar surface area (TPSA) is 75.0 Å². The van der Waals surface area contributed by atoms with Gasteiger partial charge in [0.15, 0.2) is 11.3 Å². The molecule has 6 nitrogen and oxygen atoms in total. The van der Waals surface area contributed by atoms with Crippen LogP contribution >= 0.6 is 0 Å². The number of fused-ring (bicyclic) bond motifs is 1. The summed E-state index contributed by atoms with van der Waals surface area (Å²) in [5.74, 6) is 0.0301. The van der Waals surface area contributed by atoms with Crippen molar-refractivity contribution in [3.63, 3.8) is 0 Å². The van der Waals surface area contributed by atoms with Gasteiger partial charge in [0.1, 0.15) is 5.56 Å². The van der Waals surface area contributed by atoms with Crippen LogP contribution in [0.3, 0.4) is 0 Å². The van der Waals surface area contributed by atoms with Crippen LogP contribution in [0.15, 0.2) is 27.4 Å². The second-order valence-electron chi connectivity index (χ2n) is 3.89. The van der Waals surface area contributed by atoms with Gasteiger partial charge < -0.3 is 18.6 Å². The van der Waals surface area contributed by atoms with E-state index in [-0.39, 0.29) is 17.8 Å². The van der Waals surface area contributed by atoms with Crippen LogP contribution < -0.4 is 15.1 Å². The summed E-state index contributed by atoms with van der Waals surface area (Å²) in [6.07, 6.45) is 0. The van der Waals surface area contributed by atoms with Crippen molar-refractivity contribution in [3.05, 3.63) is 34.2 Å². The number of rotatable bonds is 4. The molecule has 0 atom stereocenters. The molecular formula is C14H14O6. The Kier molecular flexibility index (Phi) is 3.93. The molecule has 0 saturated heterocycles. The van der Waals surface area contributed by atoms with Crippen LogP contribution in [0.2, 0.25) is 0 Å². The van der Waals surface area contributed by atoms with Gasteiger partial charge in [0, 0.05) is 5.39 Å². The number of hydrogen-bond donors (Lipinski definition) is 0. The highest BCUT2D eigenvalue weighted by atomic mass is 16.5. The van der Waals surface area contributed by atoms with Crippen molar-refractivity contribution in [1.29, 1.82) is 0 Å². The quantitative estimate of drug-likeness (QED) is 0.629. The highest BCUT2D eigenvalue weighted by molar-refractivity contribution is 5.94. The Morgan fingerprint density at radius 1 is 1.25 bits per heavy atom. The summed E-state index contributed by atoms with van der Waals surface area (Å²) in [6, 6.07) is 4.75. The van der Waals surface area contributed by atoms with E-state index in [9.17, 15) is 9.59 Å². The van der Waals surface area contributed by atoms with E-state index in [0.717, 1.165) is 0 Å². The smallest absolute Gasteiger partial charge is 0.351 e. The van der Waals surface area contributed by atoms with E-state index in [2.05, 4.69) is 0 Å². The van der Waals surface area contributed by atoms with Gasteiger partial charge in [-0.25, -0.2) is 9.59 Å². The van der Waals surface area contributed by atoms with Gasteiger partial charge in [-0.3, -0.25) is 0 Å². The van der Waals surface area contributed by atoms with Gasteiger partial charge in [0.05, 0.1) is 20.8 Å². The largest absolute Gasteiger partial charge is 0.493 e. The minimum Gasteiger partial charge on any atom is -0.493 e. The molecule has 0 aliphatic rings. The number of esters is 1. The van der Waals surface area contributed by atoms with Gasteiger partial charge in [0.2, 0.25) is 5.75 Å². The summed E-state index contributed by atoms with van der Waals surface area (Å²) in [5, 5.41) is 0.547. The fourth-order valence-corrected chi connectivity index (χ4v) is 1.85. The summed E-state index contributed by atoms with van der Waals surface area (Å²) in [6.45, 7) is 1.84. The Balaban J connectivity index is 2.68. The fraction of sp³-hybridized carbons (Fsp3) is 0.286. The molecule has 106 valence electrons. The van der Waals surface area contributed by atoms with E-state index >= 15 is 0 Å². The Morgan fingerprint density at radius 3 is 2.60 bits per heavy atom. The molecule has 0 fully saturated rings. The van der Waals surface area contributed by atoms with Crippen molar-refractivity contribution in [2.24, 2.45) is 0 Å². The molecular weight excluding hydrogens is 264 g/mol. The normalized spacial score (nSPS) is 10.3. The molecule has 0 aliphatic heterocycles. The molecule has 0 radical (unpaired) electrons. The van der Waals surface area contributed by atoms with Crippen molar-refractivity contribution < 1.29 is 23.4 Å². The van der Waals surface area contributed by atoms with Gasteiger partial charge in [-0.15, -0.1) is 0 Å². The van der Waals surface area contributed by atoms with Gasteiger partial charge in [-0.1, -0.05) is 0 Å². The highest BCUT2D eigenvalue weighted by Gasteiger charge is 2.18. The molecule has 2 aromatic rings. The minimum atomic E-state index is -0.775. The predicted octanol–water partition coefficient (Wildman–Crippen LogP) is 1.99. The van der Waals surface area contributed by atoms with Gasteiger partial charge in [0.25, 0.3) is 0 Å². The lowest BCUT2D eigenvalue weighted by atomic mass is 10.1. The lowest BCUT2D eigenvalue weighted by Crippen LogP contribution is -2.16. The average molecular weight is 278 g/mol. The SMILES string of the molecule is CCOC(=O)c1cc2ccc(OC)c(OC)c2oc1=O. The second kappa shape index (κ2) is 5.64. The van der Waals surface area contributed by atoms with Crippen molar-refractivity contribution >= 4 is 16.9 Å². The first-order valence-corrected chi connectivity index (χ1v) is 5.98. The molecule has 1 aromatic carbocycles. The molecule has 0 aliphatic carbocycles. The van der Waals surface area contributed by atoms with Crippen molar-refractivity contribution in [1.82, 2.24) is 0 Å². The molecule has 1 aromatic heterocycles. The first-order valence-electron chi connectivity index (χ1n) is 5.98. The van der Waals surface area contributed by atoms with Crippen LogP contribution in [0, 0.1) is 0 Å². The van der Waals surface area contributed by atoms with Crippen LogP contribution in [0.4, 0.5) is 0 Å². The van der Waals surface area contributed by atoms with Gasteiger partial charge >= 0.3 is 11.6 Å². The average Bonchev–Trinajstić information content (AvgIpc) is 2.45. The lowest BCUT2D eigenvalue weighted by Gasteiger charge is -2.09. The second-order valence-corrected chi connectivity index (χ2v) is 3.89. The van der Waals surface area contributed by atoms with Gasteiger partial charge in [-0.2, -0.15) is 0 Å². The van der Waals surface area contributed by atoms with Crippen molar-refractivity contribution in [2.75, 3.05) is 20.8 Å². The van der Waals surface area contributed by atoms with Crippen LogP contribution in [0.1, 0.15) is 17.3 Å². The predicted molar refractivity (Wildman–Crippen MR) is 71.5 cm³/mol. The van der Waals surface area contributed by atoms with Crippen LogP contribution in [-0.4, -0.2) is 26.8 Å². The summed E-state index contributed by atoms with van der Waals surface area (Å²) < 4.78 is 20.3. The molecule has 0 bridgehead atoms. The Hall–Kier alpha value is -2.50. The van der Waals surface area contributed by atoms with E-state index < -0.39 is 11.6 Å². The maximum Gasteiger partial charge on any atom is 0.351 e. The zero-order valence-electron chi connectivity index (χ0n) is 11.4. The number of carbonyl (C=O) groups is 1. The molecule has 0 N–H and O–H groups in total. The zero-order chi connectivity index (χ0) is 14.7. The number of hydrogen-bond acceptors (Lipinski definition) is 6. The summed E-state index contributed by atoms with van der Waals surface area (Å²) in [5.41, 5.74) is -0.695. The number of methoxy groups -OCH3 is 2. The Bertz CT molecular complexity index is 701. The van der Waals surface area contributed by atoms with E-state index in [1.165, 1.54) is 20.3 Å². The number of carbonyl (C=O) groups excluding carboxylic acids is 1. The molecule has 0 unspecified atom stereocenters. The third kappa shape index (κ3) is 2.32. The van der Waals surface area contributed by atoms with E-state index in [1.807, 2.05) is 0 Å². The van der Waals surface area contributed by atoms with Crippen molar-refractivity contribution in [2.45, 2.75) is 6.92 Å². The maximum atomic E-state index is 11.9. The Labute approximate surface area is 114 Å². The summed E-state index contributed by atoms with van der Waals surface area (Å²) in [7, 11) is 2.92. The van der Waals surface area contributed by atoms with E-state index in [4.69, 9.17) is 18.6 Å². The third-order valence-electron chi connectivity index (χ3n) is 2.74. The molecule has 20 heavy (non-hydrogen) atoms. The summed E-state index contributed by atoms with van der Waals surface area (Å²) >= 11 is 0. The Morgan fingerprint density at radius 2 is 2.00 bits per heavy atom.